The van der Waals surface area contributed by atoms with Gasteiger partial charge in [0.2, 0.25) is 10.0 Å². The van der Waals surface area contributed by atoms with Gasteiger partial charge < -0.3 is 10.3 Å². The zero-order valence-electron chi connectivity index (χ0n) is 12.4. The van der Waals surface area contributed by atoms with E-state index in [1.165, 1.54) is 0 Å². The SMILES string of the molecule is NS(=O)(=O)c1ccc(F)c(C(=O)NCc2ccc3[nH]ccc3c2)c1. The molecule has 1 heterocycles. The average Bonchev–Trinajstić information content (AvgIpc) is 2.99. The lowest BCUT2D eigenvalue weighted by Gasteiger charge is -2.08. The van der Waals surface area contributed by atoms with Crippen molar-refractivity contribution in [2.45, 2.75) is 11.4 Å². The lowest BCUT2D eigenvalue weighted by Crippen LogP contribution is -2.24. The molecular weight excluding hydrogens is 333 g/mol. The van der Waals surface area contributed by atoms with Crippen molar-refractivity contribution < 1.29 is 17.6 Å². The van der Waals surface area contributed by atoms with Crippen LogP contribution in [-0.2, 0) is 16.6 Å². The molecule has 1 aromatic heterocycles. The van der Waals surface area contributed by atoms with E-state index in [2.05, 4.69) is 10.3 Å². The van der Waals surface area contributed by atoms with E-state index in [4.69, 9.17) is 5.14 Å². The number of primary sulfonamides is 1. The maximum atomic E-state index is 13.8. The van der Waals surface area contributed by atoms with Gasteiger partial charge in [0.1, 0.15) is 5.82 Å². The van der Waals surface area contributed by atoms with E-state index in [1.807, 2.05) is 24.3 Å². The zero-order valence-corrected chi connectivity index (χ0v) is 13.2. The van der Waals surface area contributed by atoms with Gasteiger partial charge in [-0.05, 0) is 47.3 Å². The second kappa shape index (κ2) is 6.06. The van der Waals surface area contributed by atoms with E-state index in [-0.39, 0.29) is 17.0 Å². The molecule has 6 nitrogen and oxygen atoms in total. The number of H-pyrrole nitrogens is 1. The fourth-order valence-corrected chi connectivity index (χ4v) is 2.89. The average molecular weight is 347 g/mol. The third kappa shape index (κ3) is 3.29. The van der Waals surface area contributed by atoms with E-state index in [0.717, 1.165) is 34.7 Å². The number of sulfonamides is 1. The summed E-state index contributed by atoms with van der Waals surface area (Å²) < 4.78 is 36.4. The summed E-state index contributed by atoms with van der Waals surface area (Å²) in [6, 6.07) is 10.3. The second-order valence-corrected chi connectivity index (χ2v) is 6.83. The highest BCUT2D eigenvalue weighted by molar-refractivity contribution is 7.89. The molecule has 0 saturated carbocycles. The summed E-state index contributed by atoms with van der Waals surface area (Å²) >= 11 is 0. The Bertz CT molecular complexity index is 1030. The molecular formula is C16H14FN3O3S. The van der Waals surface area contributed by atoms with E-state index in [0.29, 0.717) is 0 Å². The Hall–Kier alpha value is -2.71. The smallest absolute Gasteiger partial charge is 0.254 e. The standard InChI is InChI=1S/C16H14FN3O3S/c17-14-3-2-12(24(18,22)23)8-13(14)16(21)20-9-10-1-4-15-11(7-10)5-6-19-15/h1-8,19H,9H2,(H,20,21)(H2,18,22,23). The number of aromatic amines is 1. The number of nitrogens with two attached hydrogens (primary N) is 1. The van der Waals surface area contributed by atoms with Gasteiger partial charge in [0, 0.05) is 18.3 Å². The molecule has 24 heavy (non-hydrogen) atoms. The van der Waals surface area contributed by atoms with Crippen molar-refractivity contribution in [3.63, 3.8) is 0 Å². The van der Waals surface area contributed by atoms with Gasteiger partial charge in [-0.2, -0.15) is 0 Å². The first kappa shape index (κ1) is 16.2. The second-order valence-electron chi connectivity index (χ2n) is 5.27. The summed E-state index contributed by atoms with van der Waals surface area (Å²) in [5.74, 6) is -1.53. The Kier molecular flexibility index (Phi) is 4.08. The molecule has 8 heteroatoms. The van der Waals surface area contributed by atoms with Crippen LogP contribution in [0.15, 0.2) is 53.6 Å². The number of hydrogen-bond donors (Lipinski definition) is 3. The Labute approximate surface area is 137 Å². The first-order valence-corrected chi connectivity index (χ1v) is 8.56. The fourth-order valence-electron chi connectivity index (χ4n) is 2.35. The van der Waals surface area contributed by atoms with Crippen LogP contribution in [0.25, 0.3) is 10.9 Å². The molecule has 0 aliphatic rings. The van der Waals surface area contributed by atoms with Gasteiger partial charge in [0.15, 0.2) is 0 Å². The first-order valence-electron chi connectivity index (χ1n) is 7.01. The predicted octanol–water partition coefficient (Wildman–Crippen LogP) is 1.88. The van der Waals surface area contributed by atoms with Gasteiger partial charge in [0.25, 0.3) is 5.91 Å². The predicted molar refractivity (Wildman–Crippen MR) is 87.2 cm³/mol. The molecule has 0 bridgehead atoms. The highest BCUT2D eigenvalue weighted by Gasteiger charge is 2.16. The topological polar surface area (TPSA) is 105 Å². The van der Waals surface area contributed by atoms with Crippen LogP contribution in [0, 0.1) is 5.82 Å². The van der Waals surface area contributed by atoms with E-state index in [9.17, 15) is 17.6 Å². The number of aromatic nitrogens is 1. The zero-order chi connectivity index (χ0) is 17.3. The van der Waals surface area contributed by atoms with Crippen molar-refractivity contribution in [3.8, 4) is 0 Å². The molecule has 0 atom stereocenters. The Morgan fingerprint density at radius 1 is 1.17 bits per heavy atom. The molecule has 0 spiro atoms. The van der Waals surface area contributed by atoms with Crippen LogP contribution in [0.5, 0.6) is 0 Å². The van der Waals surface area contributed by atoms with Crippen molar-refractivity contribution in [1.82, 2.24) is 10.3 Å². The van der Waals surface area contributed by atoms with Crippen LogP contribution in [0.2, 0.25) is 0 Å². The fraction of sp³-hybridized carbons (Fsp3) is 0.0625. The highest BCUT2D eigenvalue weighted by Crippen LogP contribution is 2.16. The molecule has 1 amide bonds. The van der Waals surface area contributed by atoms with E-state index in [1.54, 1.807) is 6.20 Å². The molecule has 0 radical (unpaired) electrons. The number of carbonyl (C=O) groups excluding carboxylic acids is 1. The molecule has 3 aromatic rings. The molecule has 4 N–H and O–H groups in total. The molecule has 0 aliphatic heterocycles. The van der Waals surface area contributed by atoms with Crippen molar-refractivity contribution in [3.05, 3.63) is 65.6 Å². The summed E-state index contributed by atoms with van der Waals surface area (Å²) in [6.45, 7) is 0.180. The van der Waals surface area contributed by atoms with Gasteiger partial charge in [0.05, 0.1) is 10.5 Å². The van der Waals surface area contributed by atoms with Gasteiger partial charge in [-0.3, -0.25) is 4.79 Å². The first-order chi connectivity index (χ1) is 11.3. The van der Waals surface area contributed by atoms with Crippen molar-refractivity contribution in [1.29, 1.82) is 0 Å². The number of benzene rings is 2. The number of amides is 1. The Morgan fingerprint density at radius 3 is 2.71 bits per heavy atom. The molecule has 0 unspecified atom stereocenters. The summed E-state index contributed by atoms with van der Waals surface area (Å²) in [6.07, 6.45) is 1.81. The maximum Gasteiger partial charge on any atom is 0.254 e. The maximum absolute atomic E-state index is 13.8. The summed E-state index contributed by atoms with van der Waals surface area (Å²) in [5, 5.41) is 8.56. The number of carbonyl (C=O) groups is 1. The quantitative estimate of drug-likeness (QED) is 0.671. The molecule has 0 aliphatic carbocycles. The van der Waals surface area contributed by atoms with Gasteiger partial charge >= 0.3 is 0 Å². The lowest BCUT2D eigenvalue weighted by atomic mass is 10.1. The summed E-state index contributed by atoms with van der Waals surface area (Å²) in [4.78, 5) is 14.9. The molecule has 3 rings (SSSR count). The number of rotatable bonds is 4. The van der Waals surface area contributed by atoms with E-state index < -0.39 is 21.7 Å². The minimum Gasteiger partial charge on any atom is -0.361 e. The van der Waals surface area contributed by atoms with E-state index >= 15 is 0 Å². The lowest BCUT2D eigenvalue weighted by molar-refractivity contribution is 0.0946. The largest absolute Gasteiger partial charge is 0.361 e. The number of hydrogen-bond acceptors (Lipinski definition) is 3. The normalized spacial score (nSPS) is 11.6. The molecule has 124 valence electrons. The third-order valence-electron chi connectivity index (χ3n) is 3.58. The summed E-state index contributed by atoms with van der Waals surface area (Å²) in [7, 11) is -4.01. The molecule has 0 saturated heterocycles. The molecule has 0 fully saturated rings. The van der Waals surface area contributed by atoms with Gasteiger partial charge in [-0.25, -0.2) is 17.9 Å². The van der Waals surface area contributed by atoms with Crippen molar-refractivity contribution in [2.24, 2.45) is 5.14 Å². The van der Waals surface area contributed by atoms with Crippen LogP contribution >= 0.6 is 0 Å². The van der Waals surface area contributed by atoms with Crippen molar-refractivity contribution in [2.75, 3.05) is 0 Å². The van der Waals surface area contributed by atoms with Gasteiger partial charge in [-0.1, -0.05) is 6.07 Å². The van der Waals surface area contributed by atoms with Crippen LogP contribution < -0.4 is 10.5 Å². The van der Waals surface area contributed by atoms with Gasteiger partial charge in [-0.15, -0.1) is 0 Å². The highest BCUT2D eigenvalue weighted by atomic mass is 32.2. The van der Waals surface area contributed by atoms with Crippen LogP contribution in [-0.4, -0.2) is 19.3 Å². The number of fused-ring (bicyclic) bond motifs is 1. The van der Waals surface area contributed by atoms with Crippen LogP contribution in [0.3, 0.4) is 0 Å². The number of halogens is 1. The number of nitrogens with one attached hydrogen (secondary N) is 2. The minimum absolute atomic E-state index is 0.180. The minimum atomic E-state index is -4.01. The Morgan fingerprint density at radius 2 is 1.96 bits per heavy atom. The van der Waals surface area contributed by atoms with Crippen LogP contribution in [0.1, 0.15) is 15.9 Å². The summed E-state index contributed by atoms with van der Waals surface area (Å²) in [5.41, 5.74) is 1.43. The monoisotopic (exact) mass is 347 g/mol. The third-order valence-corrected chi connectivity index (χ3v) is 4.49. The van der Waals surface area contributed by atoms with Crippen LogP contribution in [0.4, 0.5) is 4.39 Å². The molecule has 2 aromatic carbocycles. The van der Waals surface area contributed by atoms with Crippen molar-refractivity contribution >= 4 is 26.8 Å². The Balaban J connectivity index is 1.79.